The van der Waals surface area contributed by atoms with Crippen LogP contribution in [0.25, 0.3) is 0 Å². The van der Waals surface area contributed by atoms with Crippen molar-refractivity contribution >= 4 is 17.2 Å². The third-order valence-electron chi connectivity index (χ3n) is 7.66. The highest BCUT2D eigenvalue weighted by Gasteiger charge is 2.30. The van der Waals surface area contributed by atoms with Gasteiger partial charge in [-0.1, -0.05) is 0 Å². The predicted molar refractivity (Wildman–Crippen MR) is 129 cm³/mol. The largest absolute Gasteiger partial charge is 0.485 e. The van der Waals surface area contributed by atoms with Crippen molar-refractivity contribution in [3.05, 3.63) is 35.3 Å². The molecule has 0 unspecified atom stereocenters. The van der Waals surface area contributed by atoms with E-state index in [0.717, 1.165) is 81.0 Å². The fourth-order valence-corrected chi connectivity index (χ4v) is 5.79. The summed E-state index contributed by atoms with van der Waals surface area (Å²) in [6.07, 6.45) is 5.50. The molecule has 0 aliphatic carbocycles. The average molecular weight is 451 g/mol. The summed E-state index contributed by atoms with van der Waals surface area (Å²) in [7, 11) is 0. The Hall–Kier alpha value is -2.42. The summed E-state index contributed by atoms with van der Waals surface area (Å²) in [5, 5.41) is 7.11. The van der Waals surface area contributed by atoms with E-state index in [1.165, 1.54) is 30.6 Å². The summed E-state index contributed by atoms with van der Waals surface area (Å²) < 4.78 is 11.9. The minimum atomic E-state index is 0.492. The van der Waals surface area contributed by atoms with Crippen molar-refractivity contribution < 1.29 is 9.47 Å². The van der Waals surface area contributed by atoms with E-state index in [9.17, 15) is 0 Å². The molecular weight excluding hydrogens is 416 g/mol. The zero-order chi connectivity index (χ0) is 22.2. The van der Waals surface area contributed by atoms with Gasteiger partial charge in [-0.05, 0) is 58.0 Å². The number of aromatic nitrogens is 2. The van der Waals surface area contributed by atoms with Gasteiger partial charge in [0.05, 0.1) is 30.2 Å². The third kappa shape index (κ3) is 4.16. The molecule has 6 heterocycles. The fourth-order valence-electron chi connectivity index (χ4n) is 5.79. The average Bonchev–Trinajstić information content (AvgIpc) is 3.32. The van der Waals surface area contributed by atoms with E-state index in [0.29, 0.717) is 18.6 Å². The Kier molecular flexibility index (Phi) is 5.82. The van der Waals surface area contributed by atoms with Crippen LogP contribution in [0.4, 0.5) is 17.2 Å². The van der Waals surface area contributed by atoms with Gasteiger partial charge in [0.15, 0.2) is 5.75 Å². The van der Waals surface area contributed by atoms with Crippen LogP contribution >= 0.6 is 0 Å². The monoisotopic (exact) mass is 450 g/mol. The number of pyridine rings is 2. The van der Waals surface area contributed by atoms with E-state index in [1.807, 2.05) is 6.20 Å². The second kappa shape index (κ2) is 9.08. The molecule has 2 aromatic rings. The highest BCUT2D eigenvalue weighted by molar-refractivity contribution is 5.73. The molecule has 0 saturated carbocycles. The highest BCUT2D eigenvalue weighted by atomic mass is 16.5. The Labute approximate surface area is 195 Å². The van der Waals surface area contributed by atoms with Crippen molar-refractivity contribution in [3.63, 3.8) is 0 Å². The quantitative estimate of drug-likeness (QED) is 0.740. The molecule has 0 aromatic carbocycles. The van der Waals surface area contributed by atoms with E-state index in [1.54, 1.807) is 0 Å². The molecule has 176 valence electrons. The molecule has 0 bridgehead atoms. The number of piperidine rings is 1. The van der Waals surface area contributed by atoms with E-state index in [-0.39, 0.29) is 0 Å². The molecule has 8 nitrogen and oxygen atoms in total. The zero-order valence-corrected chi connectivity index (χ0v) is 19.5. The van der Waals surface area contributed by atoms with Crippen LogP contribution in [-0.2, 0) is 11.3 Å². The van der Waals surface area contributed by atoms with Gasteiger partial charge in [-0.25, -0.2) is 4.98 Å². The topological polar surface area (TPSA) is 74.8 Å². The molecule has 0 spiro atoms. The van der Waals surface area contributed by atoms with Crippen LogP contribution < -0.4 is 20.3 Å². The minimum absolute atomic E-state index is 0.492. The summed E-state index contributed by atoms with van der Waals surface area (Å²) >= 11 is 0. The number of aryl methyl sites for hydroxylation is 1. The van der Waals surface area contributed by atoms with Crippen LogP contribution in [0.5, 0.6) is 5.75 Å². The number of likely N-dealkylation sites (tertiary alicyclic amines) is 1. The summed E-state index contributed by atoms with van der Waals surface area (Å²) in [6, 6.07) is 5.01. The molecule has 3 saturated heterocycles. The van der Waals surface area contributed by atoms with Crippen molar-refractivity contribution in [2.24, 2.45) is 0 Å². The van der Waals surface area contributed by atoms with E-state index in [4.69, 9.17) is 14.5 Å². The molecule has 4 aliphatic heterocycles. The van der Waals surface area contributed by atoms with Gasteiger partial charge in [0, 0.05) is 49.2 Å². The summed E-state index contributed by atoms with van der Waals surface area (Å²) in [6.45, 7) is 10.5. The molecule has 0 amide bonds. The van der Waals surface area contributed by atoms with Crippen molar-refractivity contribution in [1.82, 2.24) is 20.2 Å². The summed E-state index contributed by atoms with van der Waals surface area (Å²) in [4.78, 5) is 14.7. The van der Waals surface area contributed by atoms with E-state index >= 15 is 0 Å². The normalized spacial score (nSPS) is 23.9. The second-order valence-corrected chi connectivity index (χ2v) is 9.64. The van der Waals surface area contributed by atoms with Crippen LogP contribution in [0.2, 0.25) is 0 Å². The lowest BCUT2D eigenvalue weighted by Gasteiger charge is -2.35. The molecule has 1 atom stereocenters. The number of ether oxygens (including phenoxy) is 2. The number of hydrogen-bond donors (Lipinski definition) is 2. The Morgan fingerprint density at radius 1 is 1.09 bits per heavy atom. The molecule has 33 heavy (non-hydrogen) atoms. The lowest BCUT2D eigenvalue weighted by molar-refractivity contribution is 0.122. The van der Waals surface area contributed by atoms with Crippen LogP contribution in [-0.4, -0.2) is 73.4 Å². The Morgan fingerprint density at radius 2 is 1.94 bits per heavy atom. The maximum Gasteiger partial charge on any atom is 0.164 e. The van der Waals surface area contributed by atoms with Crippen molar-refractivity contribution in [3.8, 4) is 5.75 Å². The number of hydrogen-bond acceptors (Lipinski definition) is 8. The highest BCUT2D eigenvalue weighted by Crippen LogP contribution is 2.40. The molecule has 6 rings (SSSR count). The van der Waals surface area contributed by atoms with Gasteiger partial charge in [-0.3, -0.25) is 9.88 Å². The van der Waals surface area contributed by atoms with Crippen molar-refractivity contribution in [2.45, 2.75) is 44.8 Å². The summed E-state index contributed by atoms with van der Waals surface area (Å²) in [5.41, 5.74) is 5.42. The first-order valence-corrected chi connectivity index (χ1v) is 12.4. The SMILES string of the molecule is Cc1nc(C2CCN([C@H]3CCNC3)CC2)cc2c1OCc1c(N3CCOCC3)ccnc1N2. The smallest absolute Gasteiger partial charge is 0.164 e. The first kappa shape index (κ1) is 21.1. The molecule has 8 heteroatoms. The van der Waals surface area contributed by atoms with Gasteiger partial charge >= 0.3 is 0 Å². The Morgan fingerprint density at radius 3 is 2.73 bits per heavy atom. The third-order valence-corrected chi connectivity index (χ3v) is 7.66. The molecule has 2 aromatic heterocycles. The second-order valence-electron chi connectivity index (χ2n) is 9.64. The van der Waals surface area contributed by atoms with Gasteiger partial charge in [-0.2, -0.15) is 0 Å². The first-order chi connectivity index (χ1) is 16.3. The maximum atomic E-state index is 6.33. The molecular formula is C25H34N6O2. The molecule has 2 N–H and O–H groups in total. The van der Waals surface area contributed by atoms with Crippen LogP contribution in [0, 0.1) is 6.92 Å². The number of rotatable bonds is 3. The van der Waals surface area contributed by atoms with E-state index < -0.39 is 0 Å². The van der Waals surface area contributed by atoms with Crippen LogP contribution in [0.1, 0.15) is 42.1 Å². The summed E-state index contributed by atoms with van der Waals surface area (Å²) in [5.74, 6) is 2.23. The lowest BCUT2D eigenvalue weighted by Crippen LogP contribution is -2.42. The number of anilines is 3. The first-order valence-electron chi connectivity index (χ1n) is 12.4. The van der Waals surface area contributed by atoms with Gasteiger partial charge in [0.25, 0.3) is 0 Å². The van der Waals surface area contributed by atoms with E-state index in [2.05, 4.69) is 44.5 Å². The van der Waals surface area contributed by atoms with Crippen LogP contribution in [0.3, 0.4) is 0 Å². The van der Waals surface area contributed by atoms with Crippen molar-refractivity contribution in [2.75, 3.05) is 62.7 Å². The number of fused-ring (bicyclic) bond motifs is 2. The standard InChI is InChI=1S/C25H34N6O2/c1-17-24-22(14-21(28-17)18-4-8-30(9-5-18)19-2-6-26-15-19)29-25-20(16-33-24)23(3-7-27-25)31-10-12-32-13-11-31/h3,7,14,18-19,26H,2,4-6,8-13,15-16H2,1H3,(H,27,29)/t19-/m0/s1. The minimum Gasteiger partial charge on any atom is -0.485 e. The number of nitrogens with one attached hydrogen (secondary N) is 2. The number of nitrogens with zero attached hydrogens (tertiary/aromatic N) is 4. The number of morpholine rings is 1. The van der Waals surface area contributed by atoms with Crippen molar-refractivity contribution in [1.29, 1.82) is 0 Å². The Bertz CT molecular complexity index is 995. The van der Waals surface area contributed by atoms with Gasteiger partial charge < -0.3 is 25.0 Å². The maximum absolute atomic E-state index is 6.33. The zero-order valence-electron chi connectivity index (χ0n) is 19.5. The van der Waals surface area contributed by atoms with Gasteiger partial charge in [0.1, 0.15) is 12.4 Å². The van der Waals surface area contributed by atoms with Gasteiger partial charge in [-0.15, -0.1) is 0 Å². The molecule has 0 radical (unpaired) electrons. The lowest BCUT2D eigenvalue weighted by atomic mass is 9.91. The fraction of sp³-hybridized carbons (Fsp3) is 0.600. The Balaban J connectivity index is 1.23. The molecule has 4 aliphatic rings. The van der Waals surface area contributed by atoms with Crippen LogP contribution in [0.15, 0.2) is 18.3 Å². The van der Waals surface area contributed by atoms with Gasteiger partial charge in [0.2, 0.25) is 0 Å². The predicted octanol–water partition coefficient (Wildman–Crippen LogP) is 2.80. The molecule has 3 fully saturated rings.